The Balaban J connectivity index is 1.78. The lowest BCUT2D eigenvalue weighted by Crippen LogP contribution is -2.38. The number of alkyl halides is 1. The highest BCUT2D eigenvalue weighted by Gasteiger charge is 2.22. The van der Waals surface area contributed by atoms with Gasteiger partial charge in [0.15, 0.2) is 0 Å². The second-order valence-corrected chi connectivity index (χ2v) is 5.75. The van der Waals surface area contributed by atoms with Gasteiger partial charge in [0.25, 0.3) is 0 Å². The van der Waals surface area contributed by atoms with Crippen LogP contribution in [0, 0.1) is 5.92 Å². The summed E-state index contributed by atoms with van der Waals surface area (Å²) in [6, 6.07) is 10.7. The minimum absolute atomic E-state index is 0.296. The predicted octanol–water partition coefficient (Wildman–Crippen LogP) is 3.25. The van der Waals surface area contributed by atoms with Crippen LogP contribution in [0.4, 0.5) is 0 Å². The van der Waals surface area contributed by atoms with Crippen molar-refractivity contribution in [3.63, 3.8) is 0 Å². The second kappa shape index (κ2) is 6.93. The molecule has 1 aromatic rings. The average molecular weight is 310 g/mol. The molecule has 2 rings (SSSR count). The summed E-state index contributed by atoms with van der Waals surface area (Å²) in [4.78, 5) is 13.8. The maximum atomic E-state index is 11.8. The molecular weight excluding hydrogens is 290 g/mol. The molecule has 0 bridgehead atoms. The Morgan fingerprint density at radius 2 is 1.89 bits per heavy atom. The fraction of sp³-hybridized carbons (Fsp3) is 0.533. The molecular formula is C15H20BrNO. The number of hydrogen-bond acceptors (Lipinski definition) is 1. The molecule has 18 heavy (non-hydrogen) atoms. The standard InChI is InChI=1S/C15H20BrNO/c16-9-6-15(18)17-10-7-14(8-11-17)12-13-4-2-1-3-5-13/h1-5,14H,6-12H2. The van der Waals surface area contributed by atoms with E-state index in [0.717, 1.165) is 43.6 Å². The number of carbonyl (C=O) groups excluding carboxylic acids is 1. The highest BCUT2D eigenvalue weighted by Crippen LogP contribution is 2.22. The summed E-state index contributed by atoms with van der Waals surface area (Å²) in [5.74, 6) is 1.03. The molecule has 3 heteroatoms. The van der Waals surface area contributed by atoms with Crippen molar-refractivity contribution in [3.8, 4) is 0 Å². The van der Waals surface area contributed by atoms with Gasteiger partial charge in [-0.05, 0) is 30.7 Å². The summed E-state index contributed by atoms with van der Waals surface area (Å²) < 4.78 is 0. The summed E-state index contributed by atoms with van der Waals surface area (Å²) in [6.07, 6.45) is 4.07. The van der Waals surface area contributed by atoms with E-state index in [9.17, 15) is 4.79 Å². The molecule has 0 radical (unpaired) electrons. The van der Waals surface area contributed by atoms with Gasteiger partial charge in [0.05, 0.1) is 0 Å². The largest absolute Gasteiger partial charge is 0.343 e. The van der Waals surface area contributed by atoms with Gasteiger partial charge in [-0.25, -0.2) is 0 Å². The van der Waals surface area contributed by atoms with Crippen LogP contribution in [0.2, 0.25) is 0 Å². The monoisotopic (exact) mass is 309 g/mol. The molecule has 1 aliphatic heterocycles. The van der Waals surface area contributed by atoms with E-state index >= 15 is 0 Å². The van der Waals surface area contributed by atoms with Crippen LogP contribution < -0.4 is 0 Å². The lowest BCUT2D eigenvalue weighted by Gasteiger charge is -2.32. The van der Waals surface area contributed by atoms with Gasteiger partial charge in [-0.2, -0.15) is 0 Å². The van der Waals surface area contributed by atoms with Gasteiger partial charge in [0, 0.05) is 24.8 Å². The van der Waals surface area contributed by atoms with Gasteiger partial charge in [0.2, 0.25) is 5.91 Å². The Hall–Kier alpha value is -0.830. The molecule has 2 nitrogen and oxygen atoms in total. The van der Waals surface area contributed by atoms with Crippen molar-refractivity contribution in [2.45, 2.75) is 25.7 Å². The number of likely N-dealkylation sites (tertiary alicyclic amines) is 1. The molecule has 1 amide bonds. The van der Waals surface area contributed by atoms with Crippen molar-refractivity contribution in [2.75, 3.05) is 18.4 Å². The molecule has 1 aliphatic rings. The van der Waals surface area contributed by atoms with E-state index in [4.69, 9.17) is 0 Å². The number of rotatable bonds is 4. The zero-order valence-electron chi connectivity index (χ0n) is 10.6. The van der Waals surface area contributed by atoms with Crippen LogP contribution in [-0.2, 0) is 11.2 Å². The molecule has 0 spiro atoms. The van der Waals surface area contributed by atoms with Crippen LogP contribution in [0.15, 0.2) is 30.3 Å². The average Bonchev–Trinajstić information content (AvgIpc) is 2.41. The van der Waals surface area contributed by atoms with Crippen molar-refractivity contribution in [1.29, 1.82) is 0 Å². The van der Waals surface area contributed by atoms with Crippen LogP contribution in [0.5, 0.6) is 0 Å². The van der Waals surface area contributed by atoms with Crippen LogP contribution in [-0.4, -0.2) is 29.2 Å². The fourth-order valence-electron chi connectivity index (χ4n) is 2.57. The van der Waals surface area contributed by atoms with Gasteiger partial charge < -0.3 is 4.90 Å². The Morgan fingerprint density at radius 3 is 2.50 bits per heavy atom. The van der Waals surface area contributed by atoms with Gasteiger partial charge in [-0.3, -0.25) is 4.79 Å². The number of nitrogens with zero attached hydrogens (tertiary/aromatic N) is 1. The first-order valence-electron chi connectivity index (χ1n) is 6.67. The van der Waals surface area contributed by atoms with Crippen LogP contribution in [0.3, 0.4) is 0 Å². The van der Waals surface area contributed by atoms with Crippen molar-refractivity contribution in [2.24, 2.45) is 5.92 Å². The maximum Gasteiger partial charge on any atom is 0.223 e. The molecule has 0 unspecified atom stereocenters. The van der Waals surface area contributed by atoms with Gasteiger partial charge >= 0.3 is 0 Å². The number of hydrogen-bond donors (Lipinski definition) is 0. The summed E-state index contributed by atoms with van der Waals surface area (Å²) in [6.45, 7) is 1.87. The zero-order chi connectivity index (χ0) is 12.8. The van der Waals surface area contributed by atoms with E-state index in [-0.39, 0.29) is 0 Å². The Kier molecular flexibility index (Phi) is 5.24. The molecule has 0 atom stereocenters. The number of halogens is 1. The number of carbonyl (C=O) groups is 1. The third kappa shape index (κ3) is 3.84. The smallest absolute Gasteiger partial charge is 0.223 e. The molecule has 0 aliphatic carbocycles. The first kappa shape index (κ1) is 13.6. The molecule has 1 aromatic carbocycles. The van der Waals surface area contributed by atoms with Gasteiger partial charge in [0.1, 0.15) is 0 Å². The van der Waals surface area contributed by atoms with Crippen LogP contribution in [0.25, 0.3) is 0 Å². The van der Waals surface area contributed by atoms with E-state index < -0.39 is 0 Å². The van der Waals surface area contributed by atoms with Crippen molar-refractivity contribution < 1.29 is 4.79 Å². The lowest BCUT2D eigenvalue weighted by molar-refractivity contribution is -0.132. The quantitative estimate of drug-likeness (QED) is 0.782. The van der Waals surface area contributed by atoms with Crippen molar-refractivity contribution in [3.05, 3.63) is 35.9 Å². The normalized spacial score (nSPS) is 16.8. The number of piperidine rings is 1. The second-order valence-electron chi connectivity index (χ2n) is 4.95. The fourth-order valence-corrected chi connectivity index (χ4v) is 2.91. The van der Waals surface area contributed by atoms with Crippen LogP contribution in [0.1, 0.15) is 24.8 Å². The molecule has 0 saturated carbocycles. The molecule has 1 fully saturated rings. The first-order valence-corrected chi connectivity index (χ1v) is 7.79. The lowest BCUT2D eigenvalue weighted by atomic mass is 9.90. The SMILES string of the molecule is O=C(CCBr)N1CCC(Cc2ccccc2)CC1. The van der Waals surface area contributed by atoms with E-state index in [1.807, 2.05) is 4.90 Å². The van der Waals surface area contributed by atoms with Gasteiger partial charge in [-0.1, -0.05) is 46.3 Å². The van der Waals surface area contributed by atoms with Crippen molar-refractivity contribution in [1.82, 2.24) is 4.90 Å². The summed E-state index contributed by atoms with van der Waals surface area (Å²) in [5, 5.41) is 0.774. The topological polar surface area (TPSA) is 20.3 Å². The van der Waals surface area contributed by atoms with Crippen LogP contribution >= 0.6 is 15.9 Å². The zero-order valence-corrected chi connectivity index (χ0v) is 12.2. The molecule has 1 heterocycles. The molecule has 98 valence electrons. The van der Waals surface area contributed by atoms with E-state index in [2.05, 4.69) is 46.3 Å². The maximum absolute atomic E-state index is 11.8. The third-order valence-corrected chi connectivity index (χ3v) is 4.04. The molecule has 1 saturated heterocycles. The predicted molar refractivity (Wildman–Crippen MR) is 77.9 cm³/mol. The number of benzene rings is 1. The summed E-state index contributed by atoms with van der Waals surface area (Å²) >= 11 is 3.33. The van der Waals surface area contributed by atoms with Crippen molar-refractivity contribution >= 4 is 21.8 Å². The minimum Gasteiger partial charge on any atom is -0.343 e. The van der Waals surface area contributed by atoms with Gasteiger partial charge in [-0.15, -0.1) is 0 Å². The number of amides is 1. The van der Waals surface area contributed by atoms with E-state index in [0.29, 0.717) is 12.3 Å². The summed E-state index contributed by atoms with van der Waals surface area (Å²) in [7, 11) is 0. The van der Waals surface area contributed by atoms with E-state index in [1.165, 1.54) is 5.56 Å². The Labute approximate surface area is 117 Å². The Morgan fingerprint density at radius 1 is 1.22 bits per heavy atom. The Bertz CT molecular complexity index is 371. The highest BCUT2D eigenvalue weighted by molar-refractivity contribution is 9.09. The third-order valence-electron chi connectivity index (χ3n) is 3.64. The highest BCUT2D eigenvalue weighted by atomic mass is 79.9. The molecule has 0 aromatic heterocycles. The first-order chi connectivity index (χ1) is 8.79. The molecule has 0 N–H and O–H groups in total. The summed E-state index contributed by atoms with van der Waals surface area (Å²) in [5.41, 5.74) is 1.42. The minimum atomic E-state index is 0.296. The van der Waals surface area contributed by atoms with E-state index in [1.54, 1.807) is 0 Å².